The summed E-state index contributed by atoms with van der Waals surface area (Å²) in [6.45, 7) is 0. The van der Waals surface area contributed by atoms with Crippen molar-refractivity contribution in [1.29, 1.82) is 0 Å². The molecule has 3 aromatic rings. The third kappa shape index (κ3) is 2.63. The Hall–Kier alpha value is -0.200. The predicted octanol–water partition coefficient (Wildman–Crippen LogP) is 4.25. The zero-order valence-electron chi connectivity index (χ0n) is 10.3. The van der Waals surface area contributed by atoms with Crippen LogP contribution >= 0.6 is 61.1 Å². The Morgan fingerprint density at radius 2 is 1.81 bits per heavy atom. The number of rotatable bonds is 2. The zero-order chi connectivity index (χ0) is 15.2. The van der Waals surface area contributed by atoms with E-state index in [-0.39, 0.29) is 4.90 Å². The normalized spacial score (nSPS) is 12.0. The van der Waals surface area contributed by atoms with Gasteiger partial charge in [0.15, 0.2) is 5.65 Å². The summed E-state index contributed by atoms with van der Waals surface area (Å²) in [5.41, 5.74) is 0.441. The molecule has 0 spiro atoms. The van der Waals surface area contributed by atoms with Crippen molar-refractivity contribution in [3.05, 3.63) is 54.3 Å². The number of benzene rings is 1. The maximum absolute atomic E-state index is 12.9. The number of aromatic nitrogens is 2. The summed E-state index contributed by atoms with van der Waals surface area (Å²) in [5, 5.41) is 0.814. The molecule has 1 aromatic carbocycles. The van der Waals surface area contributed by atoms with Gasteiger partial charge in [-0.25, -0.2) is 17.4 Å². The highest BCUT2D eigenvalue weighted by molar-refractivity contribution is 14.1. The molecule has 2 aromatic heterocycles. The van der Waals surface area contributed by atoms with Gasteiger partial charge in [-0.1, -0.05) is 18.2 Å². The minimum absolute atomic E-state index is 0.251. The van der Waals surface area contributed by atoms with E-state index in [2.05, 4.69) is 43.5 Å². The summed E-state index contributed by atoms with van der Waals surface area (Å²) in [6.07, 6.45) is 1.60. The first-order chi connectivity index (χ1) is 9.93. The summed E-state index contributed by atoms with van der Waals surface area (Å²) in [4.78, 5) is 4.53. The number of halogens is 3. The van der Waals surface area contributed by atoms with Crippen LogP contribution in [-0.4, -0.2) is 17.4 Å². The molecule has 21 heavy (non-hydrogen) atoms. The van der Waals surface area contributed by atoms with E-state index in [4.69, 9.17) is 0 Å². The van der Waals surface area contributed by atoms with Gasteiger partial charge in [0.05, 0.1) is 8.47 Å². The fourth-order valence-corrected chi connectivity index (χ4v) is 5.78. The molecule has 108 valence electrons. The molecule has 0 amide bonds. The van der Waals surface area contributed by atoms with Crippen LogP contribution in [0.15, 0.2) is 52.0 Å². The van der Waals surface area contributed by atoms with Gasteiger partial charge in [0.25, 0.3) is 10.0 Å². The number of hydrogen-bond acceptors (Lipinski definition) is 3. The lowest BCUT2D eigenvalue weighted by atomic mass is 10.3. The van der Waals surface area contributed by atoms with Crippen LogP contribution in [0.1, 0.15) is 0 Å². The quantitative estimate of drug-likeness (QED) is 0.421. The maximum Gasteiger partial charge on any atom is 0.270 e. The number of fused-ring (bicyclic) bond motifs is 1. The van der Waals surface area contributed by atoms with Crippen LogP contribution in [0.3, 0.4) is 0 Å². The van der Waals surface area contributed by atoms with Gasteiger partial charge in [0.1, 0.15) is 3.70 Å². The topological polar surface area (TPSA) is 52.0 Å². The van der Waals surface area contributed by atoms with Crippen molar-refractivity contribution in [2.75, 3.05) is 0 Å². The zero-order valence-corrected chi connectivity index (χ0v) is 17.0. The van der Waals surface area contributed by atoms with E-state index >= 15 is 0 Å². The lowest BCUT2D eigenvalue weighted by Gasteiger charge is -2.08. The van der Waals surface area contributed by atoms with Crippen LogP contribution in [-0.2, 0) is 10.0 Å². The molecule has 2 heterocycles. The van der Waals surface area contributed by atoms with Gasteiger partial charge >= 0.3 is 0 Å². The second-order valence-corrected chi connectivity index (χ2v) is 9.01. The molecule has 0 aliphatic carbocycles. The first-order valence-corrected chi connectivity index (χ1v) is 10.1. The van der Waals surface area contributed by atoms with E-state index < -0.39 is 10.0 Å². The highest BCUT2D eigenvalue weighted by atomic mass is 127. The lowest BCUT2D eigenvalue weighted by Crippen LogP contribution is -2.15. The van der Waals surface area contributed by atoms with Crippen molar-refractivity contribution >= 4 is 82.2 Å². The van der Waals surface area contributed by atoms with Gasteiger partial charge in [-0.15, -0.1) is 0 Å². The fourth-order valence-electron chi connectivity index (χ4n) is 1.97. The van der Waals surface area contributed by atoms with Gasteiger partial charge < -0.3 is 0 Å². The Bertz CT molecular complexity index is 940. The molecule has 0 aliphatic heterocycles. The average Bonchev–Trinajstić information content (AvgIpc) is 2.72. The Morgan fingerprint density at radius 1 is 1.14 bits per heavy atom. The third-order valence-electron chi connectivity index (χ3n) is 2.90. The van der Waals surface area contributed by atoms with Gasteiger partial charge in [-0.2, -0.15) is 0 Å². The van der Waals surface area contributed by atoms with E-state index in [1.54, 1.807) is 36.5 Å². The molecule has 8 heteroatoms. The first-order valence-electron chi connectivity index (χ1n) is 5.74. The summed E-state index contributed by atoms with van der Waals surface area (Å²) in [5.74, 6) is 0. The van der Waals surface area contributed by atoms with Crippen LogP contribution in [0.25, 0.3) is 11.0 Å². The standard InChI is InChI=1S/C13H7BrI2N2O2S/c14-8-6-10-11(15)12(16)18(13(10)17-7-8)21(19,20)9-4-2-1-3-5-9/h1-7H. The van der Waals surface area contributed by atoms with Gasteiger partial charge in [0.2, 0.25) is 0 Å². The van der Waals surface area contributed by atoms with Crippen LogP contribution in [0, 0.1) is 7.27 Å². The van der Waals surface area contributed by atoms with Gasteiger partial charge in [0, 0.05) is 16.1 Å². The van der Waals surface area contributed by atoms with Crippen molar-refractivity contribution in [1.82, 2.24) is 8.96 Å². The Kier molecular flexibility index (Phi) is 4.32. The van der Waals surface area contributed by atoms with Crippen molar-refractivity contribution < 1.29 is 8.42 Å². The van der Waals surface area contributed by atoms with Crippen molar-refractivity contribution in [2.45, 2.75) is 4.90 Å². The predicted molar refractivity (Wildman–Crippen MR) is 102 cm³/mol. The Balaban J connectivity index is 2.39. The molecule has 0 atom stereocenters. The summed E-state index contributed by atoms with van der Waals surface area (Å²) in [7, 11) is -3.66. The SMILES string of the molecule is O=S(=O)(c1ccccc1)n1c(I)c(I)c2cc(Br)cnc21. The number of hydrogen-bond donors (Lipinski definition) is 0. The van der Waals surface area contributed by atoms with Crippen molar-refractivity contribution in [3.63, 3.8) is 0 Å². The first kappa shape index (κ1) is 15.7. The van der Waals surface area contributed by atoms with E-state index in [0.29, 0.717) is 9.35 Å². The molecule has 0 saturated carbocycles. The van der Waals surface area contributed by atoms with Crippen LogP contribution in [0.2, 0.25) is 0 Å². The molecular formula is C13H7BrI2N2O2S. The number of pyridine rings is 1. The summed E-state index contributed by atoms with van der Waals surface area (Å²) in [6, 6.07) is 10.3. The molecule has 0 saturated heterocycles. The molecule has 0 N–H and O–H groups in total. The van der Waals surface area contributed by atoms with E-state index in [0.717, 1.165) is 13.4 Å². The molecule has 0 bridgehead atoms. The minimum atomic E-state index is -3.66. The molecule has 0 unspecified atom stereocenters. The van der Waals surface area contributed by atoms with Crippen molar-refractivity contribution in [3.8, 4) is 0 Å². The van der Waals surface area contributed by atoms with Gasteiger partial charge in [-0.3, -0.25) is 0 Å². The molecule has 0 radical (unpaired) electrons. The van der Waals surface area contributed by atoms with E-state index in [9.17, 15) is 8.42 Å². The van der Waals surface area contributed by atoms with E-state index in [1.165, 1.54) is 3.97 Å². The summed E-state index contributed by atoms with van der Waals surface area (Å²) < 4.78 is 29.4. The van der Waals surface area contributed by atoms with Crippen LogP contribution in [0.5, 0.6) is 0 Å². The monoisotopic (exact) mass is 588 g/mol. The highest BCUT2D eigenvalue weighted by Gasteiger charge is 2.25. The largest absolute Gasteiger partial charge is 0.270 e. The Morgan fingerprint density at radius 3 is 2.48 bits per heavy atom. The molecule has 3 rings (SSSR count). The average molecular weight is 589 g/mol. The van der Waals surface area contributed by atoms with Crippen LogP contribution < -0.4 is 0 Å². The highest BCUT2D eigenvalue weighted by Crippen LogP contribution is 2.32. The lowest BCUT2D eigenvalue weighted by molar-refractivity contribution is 0.587. The number of nitrogens with zero attached hydrogens (tertiary/aromatic N) is 2. The molecule has 4 nitrogen and oxygen atoms in total. The van der Waals surface area contributed by atoms with Gasteiger partial charge in [-0.05, 0) is 79.3 Å². The Labute approximate surface area is 157 Å². The van der Waals surface area contributed by atoms with Crippen LogP contribution in [0.4, 0.5) is 0 Å². The van der Waals surface area contributed by atoms with E-state index in [1.807, 2.05) is 28.7 Å². The second kappa shape index (κ2) is 5.78. The second-order valence-electron chi connectivity index (χ2n) is 4.21. The fraction of sp³-hybridized carbons (Fsp3) is 0. The summed E-state index contributed by atoms with van der Waals surface area (Å²) >= 11 is 7.56. The maximum atomic E-state index is 12.9. The minimum Gasteiger partial charge on any atom is -0.236 e. The third-order valence-corrected chi connectivity index (χ3v) is 8.51. The smallest absolute Gasteiger partial charge is 0.236 e. The van der Waals surface area contributed by atoms with Crippen molar-refractivity contribution in [2.24, 2.45) is 0 Å². The molecule has 0 aliphatic rings. The molecular weight excluding hydrogens is 582 g/mol. The molecule has 0 fully saturated rings.